The highest BCUT2D eigenvalue weighted by atomic mass is 32.2. The van der Waals surface area contributed by atoms with E-state index in [2.05, 4.69) is 28.8 Å². The quantitative estimate of drug-likeness (QED) is 0.184. The van der Waals surface area contributed by atoms with Crippen LogP contribution in [-0.2, 0) is 14.8 Å². The van der Waals surface area contributed by atoms with Crippen molar-refractivity contribution >= 4 is 33.7 Å². The minimum atomic E-state index is -4.00. The van der Waals surface area contributed by atoms with Crippen molar-refractivity contribution in [2.24, 2.45) is 10.7 Å². The third-order valence-electron chi connectivity index (χ3n) is 5.50. The van der Waals surface area contributed by atoms with Gasteiger partial charge in [-0.1, -0.05) is 54.1 Å². The molecule has 7 nitrogen and oxygen atoms in total. The van der Waals surface area contributed by atoms with Crippen molar-refractivity contribution in [3.63, 3.8) is 0 Å². The number of carboxylic acids is 1. The normalized spacial score (nSPS) is 11.9. The highest BCUT2D eigenvalue weighted by Gasteiger charge is 2.21. The number of nitrogens with one attached hydrogen (secondary N) is 1. The summed E-state index contributed by atoms with van der Waals surface area (Å²) >= 11 is 0. The number of aryl methyl sites for hydroxylation is 1. The number of nitrogens with two attached hydrogens (primary N) is 1. The lowest BCUT2D eigenvalue weighted by Gasteiger charge is -2.18. The van der Waals surface area contributed by atoms with Crippen LogP contribution in [0.5, 0.6) is 0 Å². The molecular weight excluding hydrogens is 524 g/mol. The fourth-order valence-electron chi connectivity index (χ4n) is 3.76. The fraction of sp³-hybridized carbons (Fsp3) is 0.103. The Hall–Kier alpha value is -4.57. The van der Waals surface area contributed by atoms with Crippen LogP contribution in [0.1, 0.15) is 29.0 Å². The molecule has 0 aliphatic carbocycles. The summed E-state index contributed by atoms with van der Waals surface area (Å²) in [7, 11) is -4.00. The molecule has 1 atom stereocenters. The zero-order chi connectivity index (χ0) is 28.4. The first-order chi connectivity index (χ1) is 18.6. The second-order valence-electron chi connectivity index (χ2n) is 8.51. The van der Waals surface area contributed by atoms with Crippen LogP contribution in [0, 0.1) is 18.6 Å². The molecule has 10 heteroatoms. The molecule has 0 bridgehead atoms. The van der Waals surface area contributed by atoms with Crippen LogP contribution < -0.4 is 10.5 Å². The predicted octanol–water partition coefficient (Wildman–Crippen LogP) is 5.99. The second-order valence-corrected chi connectivity index (χ2v) is 10.2. The zero-order valence-corrected chi connectivity index (χ0v) is 21.8. The maximum Gasteiger partial charge on any atom is 0.304 e. The smallest absolute Gasteiger partial charge is 0.304 e. The molecule has 0 spiro atoms. The zero-order valence-electron chi connectivity index (χ0n) is 21.0. The summed E-state index contributed by atoms with van der Waals surface area (Å²) in [5, 5.41) is 9.30. The monoisotopic (exact) mass is 551 g/mol. The van der Waals surface area contributed by atoms with Crippen molar-refractivity contribution in [3.8, 4) is 0 Å². The highest BCUT2D eigenvalue weighted by Crippen LogP contribution is 2.31. The summed E-state index contributed by atoms with van der Waals surface area (Å²) in [6.07, 6.45) is 0.596. The maximum absolute atomic E-state index is 13.7. The van der Waals surface area contributed by atoms with E-state index in [9.17, 15) is 27.1 Å². The summed E-state index contributed by atoms with van der Waals surface area (Å²) < 4.78 is 55.4. The minimum Gasteiger partial charge on any atom is -0.481 e. The van der Waals surface area contributed by atoms with E-state index >= 15 is 0 Å². The molecule has 0 radical (unpaired) electrons. The summed E-state index contributed by atoms with van der Waals surface area (Å²) in [6.45, 7) is 2.08. The molecular formula is C29H27F2N3O4S. The number of anilines is 1. The van der Waals surface area contributed by atoms with Crippen LogP contribution in [0.25, 0.3) is 0 Å². The first-order valence-corrected chi connectivity index (χ1v) is 13.2. The Morgan fingerprint density at radius 3 is 2.18 bits per heavy atom. The van der Waals surface area contributed by atoms with Gasteiger partial charge < -0.3 is 10.8 Å². The van der Waals surface area contributed by atoms with E-state index in [0.29, 0.717) is 17.3 Å². The molecule has 39 heavy (non-hydrogen) atoms. The first-order valence-electron chi connectivity index (χ1n) is 11.7. The molecule has 0 aromatic heterocycles. The van der Waals surface area contributed by atoms with Crippen LogP contribution >= 0.6 is 0 Å². The number of carboxylic acid groups (broad SMARTS) is 1. The van der Waals surface area contributed by atoms with Crippen molar-refractivity contribution in [2.45, 2.75) is 24.2 Å². The molecule has 0 heterocycles. The van der Waals surface area contributed by atoms with Crippen molar-refractivity contribution in [2.75, 3.05) is 4.72 Å². The number of rotatable bonds is 8. The minimum absolute atomic E-state index is 0.0553. The summed E-state index contributed by atoms with van der Waals surface area (Å²) in [4.78, 5) is 15.2. The average Bonchev–Trinajstić information content (AvgIpc) is 2.88. The molecule has 4 aromatic rings. The number of carbonyl (C=O) groups is 1. The first kappa shape index (κ1) is 29.0. The van der Waals surface area contributed by atoms with Gasteiger partial charge in [0.05, 0.1) is 23.3 Å². The second kappa shape index (κ2) is 13.3. The average molecular weight is 552 g/mol. The molecule has 4 rings (SSSR count). The number of halogens is 2. The molecule has 202 valence electrons. The van der Waals surface area contributed by atoms with Crippen LogP contribution in [0.3, 0.4) is 0 Å². The summed E-state index contributed by atoms with van der Waals surface area (Å²) in [6, 6.07) is 24.8. The van der Waals surface area contributed by atoms with E-state index < -0.39 is 40.0 Å². The molecule has 4 N–H and O–H groups in total. The lowest BCUT2D eigenvalue weighted by atomic mass is 9.88. The third-order valence-corrected chi connectivity index (χ3v) is 6.88. The SMILES string of the molecule is Cc1ccccc1.NC=Nc1cccc(S(=O)(=O)Nc2cccc(C(CC(=O)O)c3cc(F)cc(F)c3)c2)c1. The molecule has 0 amide bonds. The number of sulfonamides is 1. The Bertz CT molecular complexity index is 1540. The van der Waals surface area contributed by atoms with Gasteiger partial charge in [0.1, 0.15) is 11.6 Å². The van der Waals surface area contributed by atoms with E-state index in [1.165, 1.54) is 42.0 Å². The topological polar surface area (TPSA) is 122 Å². The van der Waals surface area contributed by atoms with Gasteiger partial charge in [-0.3, -0.25) is 9.52 Å². The Morgan fingerprint density at radius 2 is 1.59 bits per heavy atom. The Labute approximate surface area is 225 Å². The van der Waals surface area contributed by atoms with Gasteiger partial charge in [-0.2, -0.15) is 0 Å². The fourth-order valence-corrected chi connectivity index (χ4v) is 4.85. The molecule has 0 aliphatic rings. The number of aliphatic imine (C=N–C) groups is 1. The van der Waals surface area contributed by atoms with Gasteiger partial charge in [-0.25, -0.2) is 22.2 Å². The molecule has 0 saturated heterocycles. The van der Waals surface area contributed by atoms with Gasteiger partial charge in [-0.05, 0) is 60.5 Å². The van der Waals surface area contributed by atoms with Crippen LogP contribution in [0.15, 0.2) is 107 Å². The number of aliphatic carboxylic acids is 1. The van der Waals surface area contributed by atoms with Crippen LogP contribution in [0.4, 0.5) is 20.2 Å². The number of benzene rings is 4. The molecule has 4 aromatic carbocycles. The van der Waals surface area contributed by atoms with Gasteiger partial charge in [0.15, 0.2) is 0 Å². The van der Waals surface area contributed by atoms with Crippen molar-refractivity contribution in [1.82, 2.24) is 0 Å². The van der Waals surface area contributed by atoms with Crippen molar-refractivity contribution in [1.29, 1.82) is 0 Å². The van der Waals surface area contributed by atoms with E-state index in [-0.39, 0.29) is 16.1 Å². The Balaban J connectivity index is 0.000000520. The largest absolute Gasteiger partial charge is 0.481 e. The lowest BCUT2D eigenvalue weighted by molar-refractivity contribution is -0.137. The van der Waals surface area contributed by atoms with Gasteiger partial charge >= 0.3 is 5.97 Å². The number of nitrogens with zero attached hydrogens (tertiary/aromatic N) is 1. The van der Waals surface area contributed by atoms with Gasteiger partial charge in [0.2, 0.25) is 0 Å². The number of hydrogen-bond acceptors (Lipinski definition) is 4. The van der Waals surface area contributed by atoms with E-state index in [4.69, 9.17) is 5.73 Å². The predicted molar refractivity (Wildman–Crippen MR) is 148 cm³/mol. The molecule has 0 saturated carbocycles. The highest BCUT2D eigenvalue weighted by molar-refractivity contribution is 7.92. The van der Waals surface area contributed by atoms with E-state index in [1.807, 2.05) is 18.2 Å². The van der Waals surface area contributed by atoms with E-state index in [1.54, 1.807) is 12.1 Å². The Morgan fingerprint density at radius 1 is 0.923 bits per heavy atom. The van der Waals surface area contributed by atoms with Crippen LogP contribution in [0.2, 0.25) is 0 Å². The summed E-state index contributed by atoms with van der Waals surface area (Å²) in [5.74, 6) is -3.76. The van der Waals surface area contributed by atoms with Gasteiger partial charge in [0.25, 0.3) is 10.0 Å². The molecule has 0 aliphatic heterocycles. The van der Waals surface area contributed by atoms with Gasteiger partial charge in [-0.15, -0.1) is 0 Å². The van der Waals surface area contributed by atoms with Crippen LogP contribution in [-0.4, -0.2) is 25.8 Å². The standard InChI is InChI=1S/C22H19F2N3O4S.C7H8/c23-16-7-15(8-17(24)10-16)21(12-22(28)29)14-3-1-5-19(9-14)27-32(30,31)20-6-2-4-18(11-20)26-13-25;1-7-5-3-2-4-6-7/h1-11,13,21,27H,12H2,(H2,25,26)(H,28,29);2-6H,1H3. The number of hydrogen-bond donors (Lipinski definition) is 3. The van der Waals surface area contributed by atoms with Gasteiger partial charge in [0, 0.05) is 17.7 Å². The Kier molecular flexibility index (Phi) is 9.88. The van der Waals surface area contributed by atoms with Crippen molar-refractivity contribution in [3.05, 3.63) is 125 Å². The van der Waals surface area contributed by atoms with E-state index in [0.717, 1.165) is 18.5 Å². The van der Waals surface area contributed by atoms with Crippen molar-refractivity contribution < 1.29 is 27.1 Å². The summed E-state index contributed by atoms with van der Waals surface area (Å²) in [5.41, 5.74) is 7.56. The maximum atomic E-state index is 13.7. The lowest BCUT2D eigenvalue weighted by Crippen LogP contribution is -2.14. The third kappa shape index (κ3) is 8.75. The molecule has 1 unspecified atom stereocenters. The molecule has 0 fully saturated rings.